The van der Waals surface area contributed by atoms with Crippen LogP contribution in [0.25, 0.3) is 11.3 Å². The van der Waals surface area contributed by atoms with E-state index in [1.54, 1.807) is 16.8 Å². The Morgan fingerprint density at radius 1 is 1.29 bits per heavy atom. The molecule has 0 saturated heterocycles. The van der Waals surface area contributed by atoms with Gasteiger partial charge in [0, 0.05) is 18.2 Å². The summed E-state index contributed by atoms with van der Waals surface area (Å²) in [6.45, 7) is 5.00. The number of nitrogen functional groups attached to an aromatic ring is 1. The average Bonchev–Trinajstić information content (AvgIpc) is 2.60. The molecular formula is C13H16FN3. The standard InChI is InChI=1S/C13H16FN3/c1-9(2)8-17-13(15)7-12(16-17)10-3-5-11(14)6-4-10/h3-7,9H,8,15H2,1-2H3. The lowest BCUT2D eigenvalue weighted by molar-refractivity contribution is 0.489. The molecule has 4 heteroatoms. The normalized spacial score (nSPS) is 11.1. The molecule has 3 nitrogen and oxygen atoms in total. The first-order valence-electron chi connectivity index (χ1n) is 5.65. The molecule has 90 valence electrons. The molecule has 0 aliphatic rings. The highest BCUT2D eigenvalue weighted by molar-refractivity contribution is 5.62. The highest BCUT2D eigenvalue weighted by Crippen LogP contribution is 2.21. The highest BCUT2D eigenvalue weighted by Gasteiger charge is 2.08. The van der Waals surface area contributed by atoms with Crippen molar-refractivity contribution in [2.24, 2.45) is 5.92 Å². The van der Waals surface area contributed by atoms with Gasteiger partial charge >= 0.3 is 0 Å². The Bertz CT molecular complexity index is 500. The van der Waals surface area contributed by atoms with E-state index in [1.807, 2.05) is 6.07 Å². The van der Waals surface area contributed by atoms with Crippen LogP contribution in [0.3, 0.4) is 0 Å². The van der Waals surface area contributed by atoms with E-state index in [0.717, 1.165) is 17.8 Å². The number of nitrogens with zero attached hydrogens (tertiary/aromatic N) is 2. The minimum absolute atomic E-state index is 0.247. The van der Waals surface area contributed by atoms with E-state index in [1.165, 1.54) is 12.1 Å². The summed E-state index contributed by atoms with van der Waals surface area (Å²) in [7, 11) is 0. The zero-order chi connectivity index (χ0) is 12.4. The average molecular weight is 233 g/mol. The van der Waals surface area contributed by atoms with Crippen molar-refractivity contribution in [2.45, 2.75) is 20.4 Å². The molecule has 0 bridgehead atoms. The van der Waals surface area contributed by atoms with Gasteiger partial charge in [-0.25, -0.2) is 9.07 Å². The van der Waals surface area contributed by atoms with Crippen molar-refractivity contribution in [2.75, 3.05) is 5.73 Å². The molecule has 2 rings (SSSR count). The molecule has 2 aromatic rings. The number of anilines is 1. The molecule has 1 aromatic heterocycles. The van der Waals surface area contributed by atoms with Crippen LogP contribution < -0.4 is 5.73 Å². The molecule has 0 aliphatic carbocycles. The summed E-state index contributed by atoms with van der Waals surface area (Å²) in [4.78, 5) is 0. The molecule has 17 heavy (non-hydrogen) atoms. The molecule has 0 fully saturated rings. The molecule has 0 atom stereocenters. The molecule has 0 spiro atoms. The van der Waals surface area contributed by atoms with E-state index in [2.05, 4.69) is 18.9 Å². The van der Waals surface area contributed by atoms with Gasteiger partial charge in [0.2, 0.25) is 0 Å². The van der Waals surface area contributed by atoms with Crippen molar-refractivity contribution < 1.29 is 4.39 Å². The van der Waals surface area contributed by atoms with Crippen LogP contribution in [0.1, 0.15) is 13.8 Å². The number of aromatic nitrogens is 2. The Hall–Kier alpha value is -1.84. The number of hydrogen-bond donors (Lipinski definition) is 1. The number of halogens is 1. The van der Waals surface area contributed by atoms with Crippen molar-refractivity contribution in [3.8, 4) is 11.3 Å². The van der Waals surface area contributed by atoms with Gasteiger partial charge in [-0.1, -0.05) is 13.8 Å². The van der Waals surface area contributed by atoms with Gasteiger partial charge in [0.05, 0.1) is 5.69 Å². The maximum absolute atomic E-state index is 12.8. The Labute approximate surface area is 100 Å². The number of hydrogen-bond acceptors (Lipinski definition) is 2. The number of benzene rings is 1. The van der Waals surface area contributed by atoms with E-state index in [4.69, 9.17) is 5.73 Å². The van der Waals surface area contributed by atoms with E-state index >= 15 is 0 Å². The summed E-state index contributed by atoms with van der Waals surface area (Å²) in [5, 5.41) is 4.42. The van der Waals surface area contributed by atoms with Crippen molar-refractivity contribution in [3.05, 3.63) is 36.1 Å². The molecule has 0 saturated carbocycles. The van der Waals surface area contributed by atoms with Crippen molar-refractivity contribution in [1.29, 1.82) is 0 Å². The largest absolute Gasteiger partial charge is 0.384 e. The summed E-state index contributed by atoms with van der Waals surface area (Å²) in [5.41, 5.74) is 7.54. The fourth-order valence-corrected chi connectivity index (χ4v) is 1.69. The molecule has 0 unspecified atom stereocenters. The van der Waals surface area contributed by atoms with Gasteiger partial charge < -0.3 is 5.73 Å². The predicted octanol–water partition coefficient (Wildman–Crippen LogP) is 2.93. The fraction of sp³-hybridized carbons (Fsp3) is 0.308. The first-order chi connectivity index (χ1) is 8.06. The molecule has 1 heterocycles. The first kappa shape index (κ1) is 11.6. The third-order valence-corrected chi connectivity index (χ3v) is 2.49. The maximum atomic E-state index is 12.8. The number of nitrogens with two attached hydrogens (primary N) is 1. The summed E-state index contributed by atoms with van der Waals surface area (Å²) in [5.74, 6) is 0.875. The SMILES string of the molecule is CC(C)Cn1nc(-c2ccc(F)cc2)cc1N. The summed E-state index contributed by atoms with van der Waals surface area (Å²) >= 11 is 0. The number of rotatable bonds is 3. The third kappa shape index (κ3) is 2.64. The van der Waals surface area contributed by atoms with Gasteiger partial charge in [-0.3, -0.25) is 0 Å². The lowest BCUT2D eigenvalue weighted by Crippen LogP contribution is -2.09. The van der Waals surface area contributed by atoms with Crippen LogP contribution in [0.5, 0.6) is 0 Å². The minimum Gasteiger partial charge on any atom is -0.384 e. The monoisotopic (exact) mass is 233 g/mol. The zero-order valence-corrected chi connectivity index (χ0v) is 10.0. The fourth-order valence-electron chi connectivity index (χ4n) is 1.69. The van der Waals surface area contributed by atoms with Crippen molar-refractivity contribution in [1.82, 2.24) is 9.78 Å². The second kappa shape index (κ2) is 4.57. The van der Waals surface area contributed by atoms with Crippen LogP contribution in [-0.4, -0.2) is 9.78 Å². The second-order valence-electron chi connectivity index (χ2n) is 4.54. The molecule has 0 radical (unpaired) electrons. The first-order valence-corrected chi connectivity index (χ1v) is 5.65. The molecule has 1 aromatic carbocycles. The van der Waals surface area contributed by atoms with Gasteiger partial charge in [0.15, 0.2) is 0 Å². The van der Waals surface area contributed by atoms with Crippen LogP contribution >= 0.6 is 0 Å². The zero-order valence-electron chi connectivity index (χ0n) is 10.0. The van der Waals surface area contributed by atoms with E-state index < -0.39 is 0 Å². The van der Waals surface area contributed by atoms with E-state index in [9.17, 15) is 4.39 Å². The Kier molecular flexibility index (Phi) is 3.13. The lowest BCUT2D eigenvalue weighted by Gasteiger charge is -2.06. The Morgan fingerprint density at radius 2 is 1.94 bits per heavy atom. The Morgan fingerprint density at radius 3 is 2.53 bits per heavy atom. The van der Waals surface area contributed by atoms with Gasteiger partial charge in [-0.15, -0.1) is 0 Å². The van der Waals surface area contributed by atoms with Crippen LogP contribution in [-0.2, 0) is 6.54 Å². The quantitative estimate of drug-likeness (QED) is 0.885. The lowest BCUT2D eigenvalue weighted by atomic mass is 10.1. The Balaban J connectivity index is 2.31. The van der Waals surface area contributed by atoms with E-state index in [-0.39, 0.29) is 5.82 Å². The van der Waals surface area contributed by atoms with Gasteiger partial charge in [0.1, 0.15) is 11.6 Å². The summed E-state index contributed by atoms with van der Waals surface area (Å²) in [6, 6.07) is 8.07. The highest BCUT2D eigenvalue weighted by atomic mass is 19.1. The van der Waals surface area contributed by atoms with Gasteiger partial charge in [0.25, 0.3) is 0 Å². The summed E-state index contributed by atoms with van der Waals surface area (Å²) in [6.07, 6.45) is 0. The third-order valence-electron chi connectivity index (χ3n) is 2.49. The van der Waals surface area contributed by atoms with Crippen molar-refractivity contribution >= 4 is 5.82 Å². The van der Waals surface area contributed by atoms with E-state index in [0.29, 0.717) is 11.7 Å². The molecule has 0 amide bonds. The van der Waals surface area contributed by atoms with Crippen LogP contribution in [0.15, 0.2) is 30.3 Å². The van der Waals surface area contributed by atoms with Gasteiger partial charge in [-0.05, 0) is 30.2 Å². The molecular weight excluding hydrogens is 217 g/mol. The van der Waals surface area contributed by atoms with Crippen LogP contribution in [0.4, 0.5) is 10.2 Å². The minimum atomic E-state index is -0.247. The van der Waals surface area contributed by atoms with Crippen molar-refractivity contribution in [3.63, 3.8) is 0 Å². The topological polar surface area (TPSA) is 43.8 Å². The maximum Gasteiger partial charge on any atom is 0.123 e. The van der Waals surface area contributed by atoms with Crippen LogP contribution in [0.2, 0.25) is 0 Å². The molecule has 2 N–H and O–H groups in total. The smallest absolute Gasteiger partial charge is 0.123 e. The second-order valence-corrected chi connectivity index (χ2v) is 4.54. The van der Waals surface area contributed by atoms with Gasteiger partial charge in [-0.2, -0.15) is 5.10 Å². The molecule has 0 aliphatic heterocycles. The summed E-state index contributed by atoms with van der Waals surface area (Å²) < 4.78 is 14.6. The van der Waals surface area contributed by atoms with Crippen LogP contribution in [0, 0.1) is 11.7 Å². The predicted molar refractivity (Wildman–Crippen MR) is 66.9 cm³/mol.